The van der Waals surface area contributed by atoms with Crippen molar-refractivity contribution in [3.8, 4) is 0 Å². The second-order valence-electron chi connectivity index (χ2n) is 4.15. The number of amides is 1. The Labute approximate surface area is 111 Å². The Morgan fingerprint density at radius 2 is 2.17 bits per heavy atom. The lowest BCUT2D eigenvalue weighted by Crippen LogP contribution is -2.40. The van der Waals surface area contributed by atoms with Crippen molar-refractivity contribution in [3.05, 3.63) is 0 Å². The number of rotatable bonds is 5. The minimum absolute atomic E-state index is 0.0193. The van der Waals surface area contributed by atoms with E-state index in [1.165, 1.54) is 25.8 Å². The number of ether oxygens (including phenoxy) is 1. The van der Waals surface area contributed by atoms with E-state index in [2.05, 4.69) is 10.1 Å². The number of hydrogen-bond donors (Lipinski definition) is 1. The number of methoxy groups -OCH3 is 1. The van der Waals surface area contributed by atoms with Crippen molar-refractivity contribution >= 4 is 33.5 Å². The minimum atomic E-state index is -2.91. The molecule has 6 nitrogen and oxygen atoms in total. The SMILES string of the molecule is COC(=O)C(C)NC(=O)CSC1CCS(=O)(=O)C1. The Bertz CT molecular complexity index is 420. The molecule has 0 bridgehead atoms. The van der Waals surface area contributed by atoms with Crippen molar-refractivity contribution < 1.29 is 22.7 Å². The van der Waals surface area contributed by atoms with Crippen LogP contribution < -0.4 is 5.32 Å². The molecule has 1 fully saturated rings. The van der Waals surface area contributed by atoms with Crippen LogP contribution >= 0.6 is 11.8 Å². The van der Waals surface area contributed by atoms with Gasteiger partial charge in [0, 0.05) is 5.25 Å². The van der Waals surface area contributed by atoms with Gasteiger partial charge in [-0.25, -0.2) is 13.2 Å². The highest BCUT2D eigenvalue weighted by Gasteiger charge is 2.28. The molecule has 104 valence electrons. The van der Waals surface area contributed by atoms with Crippen LogP contribution in [0.1, 0.15) is 13.3 Å². The van der Waals surface area contributed by atoms with Crippen molar-refractivity contribution in [2.24, 2.45) is 0 Å². The average molecular weight is 295 g/mol. The summed E-state index contributed by atoms with van der Waals surface area (Å²) in [5, 5.41) is 2.47. The van der Waals surface area contributed by atoms with Crippen molar-refractivity contribution in [3.63, 3.8) is 0 Å². The van der Waals surface area contributed by atoms with E-state index in [1.54, 1.807) is 0 Å². The molecule has 1 saturated heterocycles. The molecule has 0 radical (unpaired) electrons. The van der Waals surface area contributed by atoms with Gasteiger partial charge in [-0.15, -0.1) is 11.8 Å². The van der Waals surface area contributed by atoms with E-state index in [9.17, 15) is 18.0 Å². The van der Waals surface area contributed by atoms with E-state index in [-0.39, 0.29) is 28.4 Å². The highest BCUT2D eigenvalue weighted by molar-refractivity contribution is 8.02. The van der Waals surface area contributed by atoms with Crippen molar-refractivity contribution in [1.29, 1.82) is 0 Å². The van der Waals surface area contributed by atoms with Gasteiger partial charge in [-0.3, -0.25) is 4.79 Å². The Morgan fingerprint density at radius 1 is 1.50 bits per heavy atom. The Kier molecular flexibility index (Phi) is 5.46. The van der Waals surface area contributed by atoms with Crippen LogP contribution in [0, 0.1) is 0 Å². The number of thioether (sulfide) groups is 1. The zero-order valence-electron chi connectivity index (χ0n) is 10.3. The van der Waals surface area contributed by atoms with Gasteiger partial charge in [-0.05, 0) is 13.3 Å². The highest BCUT2D eigenvalue weighted by atomic mass is 32.2. The maximum atomic E-state index is 11.5. The number of sulfone groups is 1. The lowest BCUT2D eigenvalue weighted by Gasteiger charge is -2.12. The van der Waals surface area contributed by atoms with Gasteiger partial charge in [0.1, 0.15) is 6.04 Å². The monoisotopic (exact) mass is 295 g/mol. The van der Waals surface area contributed by atoms with Crippen LogP contribution in [-0.4, -0.2) is 56.0 Å². The van der Waals surface area contributed by atoms with E-state index >= 15 is 0 Å². The van der Waals surface area contributed by atoms with Gasteiger partial charge in [0.25, 0.3) is 0 Å². The summed E-state index contributed by atoms with van der Waals surface area (Å²) in [4.78, 5) is 22.6. The molecule has 1 aliphatic heterocycles. The molecule has 0 aromatic rings. The smallest absolute Gasteiger partial charge is 0.328 e. The molecule has 0 aromatic heterocycles. The molecule has 0 spiro atoms. The van der Waals surface area contributed by atoms with Crippen LogP contribution in [0.5, 0.6) is 0 Å². The Hall–Kier alpha value is -0.760. The summed E-state index contributed by atoms with van der Waals surface area (Å²) in [6, 6.07) is -0.685. The number of hydrogen-bond acceptors (Lipinski definition) is 6. The highest BCUT2D eigenvalue weighted by Crippen LogP contribution is 2.23. The van der Waals surface area contributed by atoms with Crippen LogP contribution in [0.4, 0.5) is 0 Å². The zero-order valence-corrected chi connectivity index (χ0v) is 12.0. The summed E-state index contributed by atoms with van der Waals surface area (Å²) in [7, 11) is -1.66. The van der Waals surface area contributed by atoms with E-state index in [0.29, 0.717) is 6.42 Å². The first-order chi connectivity index (χ1) is 8.34. The quantitative estimate of drug-likeness (QED) is 0.693. The maximum Gasteiger partial charge on any atom is 0.328 e. The Morgan fingerprint density at radius 3 is 2.67 bits per heavy atom. The van der Waals surface area contributed by atoms with E-state index in [1.807, 2.05) is 0 Å². The molecule has 8 heteroatoms. The maximum absolute atomic E-state index is 11.5. The van der Waals surface area contributed by atoms with Gasteiger partial charge in [0.2, 0.25) is 5.91 Å². The Balaban J connectivity index is 2.28. The fraction of sp³-hybridized carbons (Fsp3) is 0.800. The molecular formula is C10H17NO5S2. The molecule has 2 atom stereocenters. The minimum Gasteiger partial charge on any atom is -0.467 e. The topological polar surface area (TPSA) is 89.5 Å². The van der Waals surface area contributed by atoms with Gasteiger partial charge >= 0.3 is 5.97 Å². The molecule has 1 N–H and O–H groups in total. The standard InChI is InChI=1S/C10H17NO5S2/c1-7(10(13)16-2)11-9(12)5-17-8-3-4-18(14,15)6-8/h7-8H,3-6H2,1-2H3,(H,11,12). The van der Waals surface area contributed by atoms with Gasteiger partial charge in [0.05, 0.1) is 24.4 Å². The summed E-state index contributed by atoms with van der Waals surface area (Å²) < 4.78 is 26.9. The lowest BCUT2D eigenvalue weighted by molar-refractivity contribution is -0.144. The van der Waals surface area contributed by atoms with Crippen LogP contribution in [0.15, 0.2) is 0 Å². The lowest BCUT2D eigenvalue weighted by atomic mass is 10.3. The molecule has 1 amide bonds. The second-order valence-corrected chi connectivity index (χ2v) is 7.67. The molecule has 18 heavy (non-hydrogen) atoms. The van der Waals surface area contributed by atoms with Crippen molar-refractivity contribution in [2.75, 3.05) is 24.4 Å². The first-order valence-corrected chi connectivity index (χ1v) is 8.40. The van der Waals surface area contributed by atoms with E-state index in [0.717, 1.165) is 0 Å². The van der Waals surface area contributed by atoms with Gasteiger partial charge in [-0.1, -0.05) is 0 Å². The van der Waals surface area contributed by atoms with Crippen molar-refractivity contribution in [2.45, 2.75) is 24.6 Å². The predicted octanol–water partition coefficient (Wildman–Crippen LogP) is -0.416. The number of nitrogens with one attached hydrogen (secondary N) is 1. The number of carbonyl (C=O) groups is 2. The van der Waals surface area contributed by atoms with Crippen molar-refractivity contribution in [1.82, 2.24) is 5.32 Å². The number of carbonyl (C=O) groups excluding carboxylic acids is 2. The third kappa shape index (κ3) is 4.85. The summed E-state index contributed by atoms with van der Waals surface area (Å²) in [5.74, 6) is -0.303. The first kappa shape index (κ1) is 15.3. The molecule has 1 heterocycles. The fourth-order valence-electron chi connectivity index (χ4n) is 1.60. The zero-order chi connectivity index (χ0) is 13.8. The van der Waals surface area contributed by atoms with Gasteiger partial charge in [-0.2, -0.15) is 0 Å². The molecule has 1 aliphatic rings. The average Bonchev–Trinajstić information content (AvgIpc) is 2.65. The third-order valence-electron chi connectivity index (χ3n) is 2.57. The summed E-state index contributed by atoms with van der Waals surface area (Å²) in [5.41, 5.74) is 0. The van der Waals surface area contributed by atoms with Crippen LogP contribution in [0.25, 0.3) is 0 Å². The molecule has 2 unspecified atom stereocenters. The largest absolute Gasteiger partial charge is 0.467 e. The van der Waals surface area contributed by atoms with Crippen LogP contribution in [0.2, 0.25) is 0 Å². The van der Waals surface area contributed by atoms with Crippen LogP contribution in [-0.2, 0) is 24.2 Å². The number of esters is 1. The normalized spacial score (nSPS) is 23.3. The molecule has 0 saturated carbocycles. The van der Waals surface area contributed by atoms with Crippen LogP contribution in [0.3, 0.4) is 0 Å². The van der Waals surface area contributed by atoms with Gasteiger partial charge < -0.3 is 10.1 Å². The van der Waals surface area contributed by atoms with E-state index < -0.39 is 21.8 Å². The third-order valence-corrected chi connectivity index (χ3v) is 5.85. The predicted molar refractivity (Wildman–Crippen MR) is 69.1 cm³/mol. The summed E-state index contributed by atoms with van der Waals surface area (Å²) >= 11 is 1.31. The molecule has 1 rings (SSSR count). The van der Waals surface area contributed by atoms with E-state index in [4.69, 9.17) is 0 Å². The second kappa shape index (κ2) is 6.42. The molecular weight excluding hydrogens is 278 g/mol. The fourth-order valence-corrected chi connectivity index (χ4v) is 5.06. The molecule has 0 aromatic carbocycles. The first-order valence-electron chi connectivity index (χ1n) is 5.53. The molecule has 0 aliphatic carbocycles. The summed E-state index contributed by atoms with van der Waals surface area (Å²) in [6.07, 6.45) is 0.590. The summed E-state index contributed by atoms with van der Waals surface area (Å²) in [6.45, 7) is 1.54. The van der Waals surface area contributed by atoms with Gasteiger partial charge in [0.15, 0.2) is 9.84 Å².